The van der Waals surface area contributed by atoms with Gasteiger partial charge >= 0.3 is 5.97 Å². The highest BCUT2D eigenvalue weighted by atomic mass is 19.2. The van der Waals surface area contributed by atoms with Crippen LogP contribution in [0.1, 0.15) is 82.0 Å². The number of rotatable bonds is 17. The number of benzene rings is 1. The molecule has 1 aromatic carbocycles. The fourth-order valence-electron chi connectivity index (χ4n) is 3.15. The van der Waals surface area contributed by atoms with E-state index >= 15 is 0 Å². The quantitative estimate of drug-likeness (QED) is 0.285. The number of hydrogen-bond donors (Lipinski definition) is 1. The lowest BCUT2D eigenvalue weighted by molar-refractivity contribution is -0.0418. The van der Waals surface area contributed by atoms with E-state index in [1.807, 2.05) is 0 Å². The number of halogens is 3. The molecule has 0 amide bonds. The normalized spacial score (nSPS) is 14.3. The first-order chi connectivity index (χ1) is 14.4. The standard InChI is InChI=1S/C23H35F3O4/c1-3-5-6-7-8-9-10-11-14-29-20(4-2)22(26)19(25)16-30-21-13-12-17(23(27)28)15-18(21)24/h12-13,15,19-20,22H,3-11,14,16H2,1-2H3,(H,27,28)/t19-,20?,22+/m1/s1. The molecule has 1 aromatic rings. The number of alkyl halides is 2. The highest BCUT2D eigenvalue weighted by molar-refractivity contribution is 5.87. The van der Waals surface area contributed by atoms with Crippen molar-refractivity contribution in [3.05, 3.63) is 29.6 Å². The van der Waals surface area contributed by atoms with Gasteiger partial charge in [0, 0.05) is 6.61 Å². The van der Waals surface area contributed by atoms with Gasteiger partial charge in [-0.25, -0.2) is 18.0 Å². The van der Waals surface area contributed by atoms with Crippen LogP contribution in [0.15, 0.2) is 18.2 Å². The third-order valence-corrected chi connectivity index (χ3v) is 5.01. The SMILES string of the molecule is CCCCCCCCCCOC(CC)[C@@H](F)[C@H](F)COc1ccc(C(=O)O)cc1F. The molecule has 3 atom stereocenters. The van der Waals surface area contributed by atoms with E-state index in [4.69, 9.17) is 14.6 Å². The van der Waals surface area contributed by atoms with Crippen LogP contribution in [-0.2, 0) is 4.74 Å². The van der Waals surface area contributed by atoms with Crippen LogP contribution in [0.4, 0.5) is 13.2 Å². The number of carboxylic acid groups (broad SMARTS) is 1. The summed E-state index contributed by atoms with van der Waals surface area (Å²) in [7, 11) is 0. The zero-order chi connectivity index (χ0) is 22.4. The van der Waals surface area contributed by atoms with Gasteiger partial charge in [-0.2, -0.15) is 0 Å². The third kappa shape index (κ3) is 9.83. The van der Waals surface area contributed by atoms with E-state index < -0.39 is 36.8 Å². The molecule has 0 aliphatic rings. The number of carbonyl (C=O) groups is 1. The minimum atomic E-state index is -1.98. The van der Waals surface area contributed by atoms with Crippen molar-refractivity contribution in [2.45, 2.75) is 90.1 Å². The van der Waals surface area contributed by atoms with Crippen molar-refractivity contribution < 1.29 is 32.5 Å². The zero-order valence-corrected chi connectivity index (χ0v) is 18.0. The minimum Gasteiger partial charge on any atom is -0.487 e. The lowest BCUT2D eigenvalue weighted by atomic mass is 10.1. The fourth-order valence-corrected chi connectivity index (χ4v) is 3.15. The average molecular weight is 433 g/mol. The highest BCUT2D eigenvalue weighted by Crippen LogP contribution is 2.21. The first-order valence-corrected chi connectivity index (χ1v) is 11.0. The van der Waals surface area contributed by atoms with Crippen molar-refractivity contribution in [2.24, 2.45) is 0 Å². The van der Waals surface area contributed by atoms with Gasteiger partial charge in [-0.05, 0) is 31.0 Å². The molecule has 0 bridgehead atoms. The molecule has 0 radical (unpaired) electrons. The van der Waals surface area contributed by atoms with Crippen LogP contribution < -0.4 is 4.74 Å². The molecule has 0 fully saturated rings. The Balaban J connectivity index is 2.32. The third-order valence-electron chi connectivity index (χ3n) is 5.01. The first-order valence-electron chi connectivity index (χ1n) is 11.0. The molecule has 0 heterocycles. The van der Waals surface area contributed by atoms with Gasteiger partial charge in [0.05, 0.1) is 11.7 Å². The molecule has 0 saturated carbocycles. The molecule has 7 heteroatoms. The van der Waals surface area contributed by atoms with Gasteiger partial charge in [-0.1, -0.05) is 58.8 Å². The molecule has 172 valence electrons. The monoisotopic (exact) mass is 432 g/mol. The predicted octanol–water partition coefficient (Wildman–Crippen LogP) is 6.51. The fraction of sp³-hybridized carbons (Fsp3) is 0.696. The first kappa shape index (κ1) is 26.3. The lowest BCUT2D eigenvalue weighted by Gasteiger charge is -2.23. The van der Waals surface area contributed by atoms with Crippen molar-refractivity contribution >= 4 is 5.97 Å². The molecule has 0 saturated heterocycles. The van der Waals surface area contributed by atoms with Crippen LogP contribution in [0.5, 0.6) is 5.75 Å². The summed E-state index contributed by atoms with van der Waals surface area (Å²) in [5.74, 6) is -2.54. The van der Waals surface area contributed by atoms with Gasteiger partial charge in [-0.3, -0.25) is 0 Å². The summed E-state index contributed by atoms with van der Waals surface area (Å²) in [4.78, 5) is 10.8. The Morgan fingerprint density at radius 3 is 2.23 bits per heavy atom. The molecule has 30 heavy (non-hydrogen) atoms. The Hall–Kier alpha value is -1.76. The Bertz CT molecular complexity index is 612. The zero-order valence-electron chi connectivity index (χ0n) is 18.0. The van der Waals surface area contributed by atoms with E-state index in [0.29, 0.717) is 13.0 Å². The Morgan fingerprint density at radius 2 is 1.67 bits per heavy atom. The molecule has 4 nitrogen and oxygen atoms in total. The maximum atomic E-state index is 14.4. The molecular formula is C23H35F3O4. The van der Waals surface area contributed by atoms with Gasteiger partial charge in [0.25, 0.3) is 0 Å². The smallest absolute Gasteiger partial charge is 0.335 e. The summed E-state index contributed by atoms with van der Waals surface area (Å²) in [6.07, 6.45) is 4.70. The Labute approximate surface area is 177 Å². The van der Waals surface area contributed by atoms with Crippen molar-refractivity contribution in [1.29, 1.82) is 0 Å². The van der Waals surface area contributed by atoms with Gasteiger partial charge < -0.3 is 14.6 Å². The van der Waals surface area contributed by atoms with Crippen molar-refractivity contribution in [2.75, 3.05) is 13.2 Å². The largest absolute Gasteiger partial charge is 0.487 e. The number of hydrogen-bond acceptors (Lipinski definition) is 3. The number of aromatic carboxylic acids is 1. The van der Waals surface area contributed by atoms with Crippen LogP contribution >= 0.6 is 0 Å². The average Bonchev–Trinajstić information content (AvgIpc) is 2.73. The molecule has 0 spiro atoms. The highest BCUT2D eigenvalue weighted by Gasteiger charge is 2.30. The van der Waals surface area contributed by atoms with Crippen LogP contribution in [0.3, 0.4) is 0 Å². The maximum absolute atomic E-state index is 14.4. The molecule has 1 N–H and O–H groups in total. The summed E-state index contributed by atoms with van der Waals surface area (Å²) in [5.41, 5.74) is -0.250. The van der Waals surface area contributed by atoms with E-state index in [0.717, 1.165) is 37.5 Å². The van der Waals surface area contributed by atoms with Crippen LogP contribution in [0.25, 0.3) is 0 Å². The molecule has 0 aliphatic carbocycles. The second kappa shape index (κ2) is 15.1. The minimum absolute atomic E-state index is 0.250. The van der Waals surface area contributed by atoms with E-state index in [1.54, 1.807) is 6.92 Å². The Kier molecular flexibility index (Phi) is 13.2. The summed E-state index contributed by atoms with van der Waals surface area (Å²) >= 11 is 0. The van der Waals surface area contributed by atoms with Crippen molar-refractivity contribution in [3.8, 4) is 5.75 Å². The maximum Gasteiger partial charge on any atom is 0.335 e. The molecule has 0 aliphatic heterocycles. The van der Waals surface area contributed by atoms with Crippen molar-refractivity contribution in [1.82, 2.24) is 0 Å². The van der Waals surface area contributed by atoms with E-state index in [-0.39, 0.29) is 11.3 Å². The number of carboxylic acids is 1. The van der Waals surface area contributed by atoms with Gasteiger partial charge in [0.2, 0.25) is 0 Å². The summed E-state index contributed by atoms with van der Waals surface area (Å²) in [6, 6.07) is 3.01. The second-order valence-corrected chi connectivity index (χ2v) is 7.51. The van der Waals surface area contributed by atoms with Crippen LogP contribution in [0.2, 0.25) is 0 Å². The summed E-state index contributed by atoms with van der Waals surface area (Å²) < 4.78 is 53.0. The number of unbranched alkanes of at least 4 members (excludes halogenated alkanes) is 7. The van der Waals surface area contributed by atoms with E-state index in [2.05, 4.69) is 6.92 Å². The summed E-state index contributed by atoms with van der Waals surface area (Å²) in [6.45, 7) is 3.61. The predicted molar refractivity (Wildman–Crippen MR) is 111 cm³/mol. The van der Waals surface area contributed by atoms with Gasteiger partial charge in [0.15, 0.2) is 23.9 Å². The number of ether oxygens (including phenoxy) is 2. The van der Waals surface area contributed by atoms with Crippen molar-refractivity contribution in [3.63, 3.8) is 0 Å². The van der Waals surface area contributed by atoms with Crippen LogP contribution in [0, 0.1) is 5.82 Å². The summed E-state index contributed by atoms with van der Waals surface area (Å²) in [5, 5.41) is 8.81. The van der Waals surface area contributed by atoms with E-state index in [9.17, 15) is 18.0 Å². The molecular weight excluding hydrogens is 397 g/mol. The van der Waals surface area contributed by atoms with Gasteiger partial charge in [0.1, 0.15) is 6.61 Å². The molecule has 1 rings (SSSR count). The topological polar surface area (TPSA) is 55.8 Å². The van der Waals surface area contributed by atoms with Crippen LogP contribution in [-0.4, -0.2) is 42.7 Å². The second-order valence-electron chi connectivity index (χ2n) is 7.51. The van der Waals surface area contributed by atoms with Gasteiger partial charge in [-0.15, -0.1) is 0 Å². The lowest BCUT2D eigenvalue weighted by Crippen LogP contribution is -2.36. The van der Waals surface area contributed by atoms with E-state index in [1.165, 1.54) is 32.1 Å². The molecule has 0 aromatic heterocycles. The Morgan fingerprint density at radius 1 is 1.03 bits per heavy atom. The molecule has 1 unspecified atom stereocenters.